The van der Waals surface area contributed by atoms with Gasteiger partial charge in [-0.1, -0.05) is 27.7 Å². The molecule has 0 aromatic heterocycles. The minimum absolute atomic E-state index is 0.380. The molecule has 1 heterocycles. The third kappa shape index (κ3) is 3.71. The first-order chi connectivity index (χ1) is 8.47. The summed E-state index contributed by atoms with van der Waals surface area (Å²) in [6, 6.07) is 1.52. The van der Waals surface area contributed by atoms with Gasteiger partial charge in [0.1, 0.15) is 0 Å². The second kappa shape index (κ2) is 5.92. The first kappa shape index (κ1) is 14.3. The third-order valence-corrected chi connectivity index (χ3v) is 4.98. The molecule has 0 radical (unpaired) electrons. The van der Waals surface area contributed by atoms with Crippen LogP contribution in [0.2, 0.25) is 0 Å². The molecule has 0 spiro atoms. The molecule has 1 unspecified atom stereocenters. The molecule has 1 atom stereocenters. The summed E-state index contributed by atoms with van der Waals surface area (Å²) in [4.78, 5) is 2.79. The van der Waals surface area contributed by atoms with E-state index in [9.17, 15) is 0 Å². The maximum Gasteiger partial charge on any atom is 0.0243 e. The Morgan fingerprint density at radius 1 is 1.06 bits per heavy atom. The predicted octanol–water partition coefficient (Wildman–Crippen LogP) is 3.28. The zero-order valence-corrected chi connectivity index (χ0v) is 12.8. The van der Waals surface area contributed by atoms with Gasteiger partial charge in [-0.15, -0.1) is 0 Å². The van der Waals surface area contributed by atoms with Crippen molar-refractivity contribution in [3.63, 3.8) is 0 Å². The molecule has 2 nitrogen and oxygen atoms in total. The van der Waals surface area contributed by atoms with Gasteiger partial charge in [0.05, 0.1) is 0 Å². The van der Waals surface area contributed by atoms with E-state index in [0.717, 1.165) is 12.0 Å². The summed E-state index contributed by atoms with van der Waals surface area (Å²) in [7, 11) is 0. The number of nitrogens with one attached hydrogen (secondary N) is 1. The van der Waals surface area contributed by atoms with Crippen molar-refractivity contribution < 1.29 is 0 Å². The minimum Gasteiger partial charge on any atom is -0.312 e. The van der Waals surface area contributed by atoms with E-state index in [-0.39, 0.29) is 0 Å². The molecular weight excluding hydrogens is 220 g/mol. The van der Waals surface area contributed by atoms with Crippen LogP contribution in [0.25, 0.3) is 0 Å². The number of rotatable bonds is 1. The molecule has 0 aromatic carbocycles. The van der Waals surface area contributed by atoms with E-state index in [1.54, 1.807) is 0 Å². The highest BCUT2D eigenvalue weighted by Gasteiger charge is 2.31. The van der Waals surface area contributed by atoms with Crippen LogP contribution in [0.3, 0.4) is 0 Å². The molecule has 2 rings (SSSR count). The largest absolute Gasteiger partial charge is 0.312 e. The molecule has 1 saturated heterocycles. The van der Waals surface area contributed by atoms with E-state index in [0.29, 0.717) is 11.5 Å². The van der Waals surface area contributed by atoms with Gasteiger partial charge in [-0.25, -0.2) is 0 Å². The van der Waals surface area contributed by atoms with Crippen LogP contribution in [0.15, 0.2) is 0 Å². The van der Waals surface area contributed by atoms with Crippen LogP contribution in [0.4, 0.5) is 0 Å². The first-order valence-electron chi connectivity index (χ1n) is 7.94. The smallest absolute Gasteiger partial charge is 0.0243 e. The standard InChI is InChI=1S/C16H32N2/c1-13-6-8-14(9-7-13)18-11-5-10-17-15(12-18)16(2,3)4/h13-15,17H,5-12H2,1-4H3. The van der Waals surface area contributed by atoms with Gasteiger partial charge in [0.15, 0.2) is 0 Å². The Hall–Kier alpha value is -0.0800. The van der Waals surface area contributed by atoms with Crippen LogP contribution < -0.4 is 5.32 Å². The normalized spacial score (nSPS) is 36.3. The summed E-state index contributed by atoms with van der Waals surface area (Å²) in [5.74, 6) is 0.963. The zero-order chi connectivity index (χ0) is 13.2. The molecule has 18 heavy (non-hydrogen) atoms. The maximum atomic E-state index is 3.76. The first-order valence-corrected chi connectivity index (χ1v) is 7.94. The fraction of sp³-hybridized carbons (Fsp3) is 1.00. The quantitative estimate of drug-likeness (QED) is 0.770. The second-order valence-corrected chi connectivity index (χ2v) is 7.63. The molecular formula is C16H32N2. The van der Waals surface area contributed by atoms with Crippen molar-refractivity contribution in [2.75, 3.05) is 19.6 Å². The van der Waals surface area contributed by atoms with Gasteiger partial charge < -0.3 is 5.32 Å². The molecule has 0 aromatic rings. The Bertz CT molecular complexity index is 248. The lowest BCUT2D eigenvalue weighted by molar-refractivity contribution is 0.116. The van der Waals surface area contributed by atoms with Gasteiger partial charge in [0, 0.05) is 18.6 Å². The van der Waals surface area contributed by atoms with E-state index in [2.05, 4.69) is 37.9 Å². The van der Waals surface area contributed by atoms with E-state index >= 15 is 0 Å². The van der Waals surface area contributed by atoms with E-state index < -0.39 is 0 Å². The highest BCUT2D eigenvalue weighted by atomic mass is 15.2. The molecule has 0 bridgehead atoms. The number of nitrogens with zero attached hydrogens (tertiary/aromatic N) is 1. The lowest BCUT2D eigenvalue weighted by Crippen LogP contribution is -2.49. The van der Waals surface area contributed by atoms with Crippen LogP contribution in [0.1, 0.15) is 59.8 Å². The van der Waals surface area contributed by atoms with Crippen molar-refractivity contribution in [2.24, 2.45) is 11.3 Å². The van der Waals surface area contributed by atoms with Crippen molar-refractivity contribution in [2.45, 2.75) is 71.9 Å². The Balaban J connectivity index is 1.94. The van der Waals surface area contributed by atoms with Crippen molar-refractivity contribution in [1.82, 2.24) is 10.2 Å². The highest BCUT2D eigenvalue weighted by Crippen LogP contribution is 2.29. The molecule has 1 aliphatic carbocycles. The van der Waals surface area contributed by atoms with Gasteiger partial charge in [-0.2, -0.15) is 0 Å². The number of hydrogen-bond acceptors (Lipinski definition) is 2. The van der Waals surface area contributed by atoms with Crippen LogP contribution in [0, 0.1) is 11.3 Å². The van der Waals surface area contributed by atoms with E-state index in [1.807, 2.05) is 0 Å². The Morgan fingerprint density at radius 3 is 2.33 bits per heavy atom. The molecule has 2 heteroatoms. The SMILES string of the molecule is CC1CCC(N2CCCNC(C(C)(C)C)C2)CC1. The fourth-order valence-corrected chi connectivity index (χ4v) is 3.47. The Kier molecular flexibility index (Phi) is 4.71. The van der Waals surface area contributed by atoms with Crippen LogP contribution in [0.5, 0.6) is 0 Å². The van der Waals surface area contributed by atoms with Gasteiger partial charge in [0.2, 0.25) is 0 Å². The van der Waals surface area contributed by atoms with E-state index in [1.165, 1.54) is 51.7 Å². The summed E-state index contributed by atoms with van der Waals surface area (Å²) < 4.78 is 0. The van der Waals surface area contributed by atoms with Crippen LogP contribution in [-0.4, -0.2) is 36.6 Å². The molecule has 2 fully saturated rings. The van der Waals surface area contributed by atoms with Gasteiger partial charge in [-0.3, -0.25) is 4.90 Å². The van der Waals surface area contributed by atoms with Crippen molar-refractivity contribution in [3.8, 4) is 0 Å². The summed E-state index contributed by atoms with van der Waals surface area (Å²) in [6.07, 6.45) is 7.05. The minimum atomic E-state index is 0.380. The van der Waals surface area contributed by atoms with Crippen molar-refractivity contribution in [3.05, 3.63) is 0 Å². The third-order valence-electron chi connectivity index (χ3n) is 4.98. The van der Waals surface area contributed by atoms with Crippen molar-refractivity contribution >= 4 is 0 Å². The zero-order valence-electron chi connectivity index (χ0n) is 12.8. The average Bonchev–Trinajstić information content (AvgIpc) is 2.55. The summed E-state index contributed by atoms with van der Waals surface area (Å²) in [6.45, 7) is 13.3. The summed E-state index contributed by atoms with van der Waals surface area (Å²) in [5, 5.41) is 3.76. The summed E-state index contributed by atoms with van der Waals surface area (Å²) in [5.41, 5.74) is 0.380. The molecule has 2 aliphatic rings. The highest BCUT2D eigenvalue weighted by molar-refractivity contribution is 4.89. The van der Waals surface area contributed by atoms with Crippen LogP contribution in [-0.2, 0) is 0 Å². The molecule has 1 saturated carbocycles. The Morgan fingerprint density at radius 2 is 1.72 bits per heavy atom. The average molecular weight is 252 g/mol. The van der Waals surface area contributed by atoms with Gasteiger partial charge >= 0.3 is 0 Å². The fourth-order valence-electron chi connectivity index (χ4n) is 3.47. The molecule has 1 N–H and O–H groups in total. The maximum absolute atomic E-state index is 3.76. The van der Waals surface area contributed by atoms with E-state index in [4.69, 9.17) is 0 Å². The molecule has 1 aliphatic heterocycles. The predicted molar refractivity (Wildman–Crippen MR) is 78.9 cm³/mol. The Labute approximate surface area is 114 Å². The number of hydrogen-bond donors (Lipinski definition) is 1. The topological polar surface area (TPSA) is 15.3 Å². The van der Waals surface area contributed by atoms with Gasteiger partial charge in [0.25, 0.3) is 0 Å². The monoisotopic (exact) mass is 252 g/mol. The second-order valence-electron chi connectivity index (χ2n) is 7.63. The lowest BCUT2D eigenvalue weighted by atomic mass is 9.84. The molecule has 106 valence electrons. The van der Waals surface area contributed by atoms with Crippen molar-refractivity contribution in [1.29, 1.82) is 0 Å². The molecule has 0 amide bonds. The lowest BCUT2D eigenvalue weighted by Gasteiger charge is -2.39. The van der Waals surface area contributed by atoms with Gasteiger partial charge in [-0.05, 0) is 56.5 Å². The van der Waals surface area contributed by atoms with Crippen LogP contribution >= 0.6 is 0 Å². The summed E-state index contributed by atoms with van der Waals surface area (Å²) >= 11 is 0.